The van der Waals surface area contributed by atoms with Gasteiger partial charge in [0.2, 0.25) is 0 Å². The smallest absolute Gasteiger partial charge is 0.119 e. The van der Waals surface area contributed by atoms with Crippen LogP contribution in [0.4, 0.5) is 0 Å². The van der Waals surface area contributed by atoms with Gasteiger partial charge in [0.05, 0.1) is 7.11 Å². The molecule has 0 spiro atoms. The Morgan fingerprint density at radius 3 is 3.00 bits per heavy atom. The second-order valence-corrected chi connectivity index (χ2v) is 5.32. The van der Waals surface area contributed by atoms with Crippen molar-refractivity contribution in [1.29, 1.82) is 0 Å². The lowest BCUT2D eigenvalue weighted by atomic mass is 9.75. The quantitative estimate of drug-likeness (QED) is 0.845. The van der Waals surface area contributed by atoms with E-state index in [4.69, 9.17) is 4.74 Å². The topological polar surface area (TPSA) is 21.3 Å². The summed E-state index contributed by atoms with van der Waals surface area (Å²) in [6, 6.07) is 6.67. The number of fused-ring (bicyclic) bond motifs is 1. The Bertz CT molecular complexity index is 396. The number of hydrogen-bond acceptors (Lipinski definition) is 2. The third kappa shape index (κ3) is 2.06. The van der Waals surface area contributed by atoms with Gasteiger partial charge in [-0.3, -0.25) is 0 Å². The van der Waals surface area contributed by atoms with Crippen molar-refractivity contribution in [3.8, 4) is 5.75 Å². The maximum absolute atomic E-state index is 5.33. The van der Waals surface area contributed by atoms with Crippen molar-refractivity contribution in [1.82, 2.24) is 5.32 Å². The van der Waals surface area contributed by atoms with Gasteiger partial charge in [0.25, 0.3) is 0 Å². The molecule has 2 nitrogen and oxygen atoms in total. The summed E-state index contributed by atoms with van der Waals surface area (Å²) in [5.74, 6) is 2.64. The predicted octanol–water partition coefficient (Wildman–Crippen LogP) is 2.72. The maximum atomic E-state index is 5.33. The van der Waals surface area contributed by atoms with Crippen LogP contribution in [0.3, 0.4) is 0 Å². The largest absolute Gasteiger partial charge is 0.497 e. The van der Waals surface area contributed by atoms with E-state index < -0.39 is 0 Å². The Labute approximate surface area is 103 Å². The monoisotopic (exact) mass is 231 g/mol. The molecule has 0 aromatic heterocycles. The van der Waals surface area contributed by atoms with Gasteiger partial charge in [0.1, 0.15) is 5.75 Å². The van der Waals surface area contributed by atoms with E-state index in [2.05, 4.69) is 23.5 Å². The second-order valence-electron chi connectivity index (χ2n) is 5.32. The van der Waals surface area contributed by atoms with Gasteiger partial charge in [-0.1, -0.05) is 6.07 Å². The molecule has 17 heavy (non-hydrogen) atoms. The van der Waals surface area contributed by atoms with Gasteiger partial charge in [-0.05, 0) is 73.9 Å². The molecule has 1 aliphatic heterocycles. The lowest BCUT2D eigenvalue weighted by molar-refractivity contribution is 0.396. The minimum absolute atomic E-state index is 0.777. The van der Waals surface area contributed by atoms with Gasteiger partial charge in [-0.25, -0.2) is 0 Å². The zero-order valence-electron chi connectivity index (χ0n) is 10.5. The van der Waals surface area contributed by atoms with Crippen LogP contribution >= 0.6 is 0 Å². The van der Waals surface area contributed by atoms with E-state index in [1.165, 1.54) is 44.3 Å². The molecule has 2 heteroatoms. The first-order chi connectivity index (χ1) is 8.38. The fourth-order valence-corrected chi connectivity index (χ4v) is 3.47. The molecule has 2 aliphatic rings. The molecule has 0 amide bonds. The molecule has 2 unspecified atom stereocenters. The standard InChI is InChI=1S/C15H21NO/c1-17-13-5-6-15-11(9-13)3-2-4-14(15)12-7-8-16-10-12/h5-6,9,12,14,16H,2-4,7-8,10H2,1H3. The van der Waals surface area contributed by atoms with Crippen LogP contribution in [0.1, 0.15) is 36.3 Å². The van der Waals surface area contributed by atoms with E-state index in [9.17, 15) is 0 Å². The summed E-state index contributed by atoms with van der Waals surface area (Å²) >= 11 is 0. The molecule has 2 atom stereocenters. The van der Waals surface area contributed by atoms with E-state index in [0.29, 0.717) is 0 Å². The summed E-state index contributed by atoms with van der Waals surface area (Å²) < 4.78 is 5.33. The lowest BCUT2D eigenvalue weighted by Crippen LogP contribution is -2.20. The molecule has 1 aromatic rings. The molecule has 0 bridgehead atoms. The van der Waals surface area contributed by atoms with E-state index >= 15 is 0 Å². The second kappa shape index (κ2) is 4.69. The highest BCUT2D eigenvalue weighted by molar-refractivity contribution is 5.39. The summed E-state index contributed by atoms with van der Waals surface area (Å²) in [5.41, 5.74) is 3.11. The molecule has 3 rings (SSSR count). The molecule has 1 fully saturated rings. The predicted molar refractivity (Wildman–Crippen MR) is 69.6 cm³/mol. The van der Waals surface area contributed by atoms with Crippen LogP contribution in [0.15, 0.2) is 18.2 Å². The van der Waals surface area contributed by atoms with Crippen molar-refractivity contribution in [2.75, 3.05) is 20.2 Å². The molecular formula is C15H21NO. The summed E-state index contributed by atoms with van der Waals surface area (Å²) in [4.78, 5) is 0. The van der Waals surface area contributed by atoms with Crippen molar-refractivity contribution in [3.05, 3.63) is 29.3 Å². The number of rotatable bonds is 2. The Hall–Kier alpha value is -1.02. The first-order valence-electron chi connectivity index (χ1n) is 6.76. The van der Waals surface area contributed by atoms with Gasteiger partial charge in [-0.2, -0.15) is 0 Å². The molecule has 0 saturated carbocycles. The van der Waals surface area contributed by atoms with Crippen molar-refractivity contribution in [2.45, 2.75) is 31.6 Å². The highest BCUT2D eigenvalue weighted by atomic mass is 16.5. The first kappa shape index (κ1) is 11.1. The minimum Gasteiger partial charge on any atom is -0.497 e. The molecule has 1 aromatic carbocycles. The van der Waals surface area contributed by atoms with Gasteiger partial charge in [-0.15, -0.1) is 0 Å². The highest BCUT2D eigenvalue weighted by Crippen LogP contribution is 2.40. The molecular weight excluding hydrogens is 210 g/mol. The lowest BCUT2D eigenvalue weighted by Gasteiger charge is -2.30. The Morgan fingerprint density at radius 2 is 2.24 bits per heavy atom. The van der Waals surface area contributed by atoms with E-state index in [-0.39, 0.29) is 0 Å². The molecule has 1 saturated heterocycles. The van der Waals surface area contributed by atoms with Crippen LogP contribution in [0.2, 0.25) is 0 Å². The van der Waals surface area contributed by atoms with Crippen LogP contribution < -0.4 is 10.1 Å². The molecule has 1 N–H and O–H groups in total. The normalized spacial score (nSPS) is 27.8. The number of aryl methyl sites for hydroxylation is 1. The third-order valence-corrected chi connectivity index (χ3v) is 4.38. The van der Waals surface area contributed by atoms with Crippen LogP contribution in [0, 0.1) is 5.92 Å². The van der Waals surface area contributed by atoms with Gasteiger partial charge in [0, 0.05) is 0 Å². The van der Waals surface area contributed by atoms with Crippen molar-refractivity contribution < 1.29 is 4.74 Å². The number of nitrogens with one attached hydrogen (secondary N) is 1. The summed E-state index contributed by atoms with van der Waals surface area (Å²) in [6.07, 6.45) is 5.27. The minimum atomic E-state index is 0.777. The molecule has 92 valence electrons. The van der Waals surface area contributed by atoms with Crippen LogP contribution in [-0.4, -0.2) is 20.2 Å². The average Bonchev–Trinajstić information content (AvgIpc) is 2.91. The van der Waals surface area contributed by atoms with Crippen molar-refractivity contribution in [2.24, 2.45) is 5.92 Å². The van der Waals surface area contributed by atoms with Crippen LogP contribution in [-0.2, 0) is 6.42 Å². The van der Waals surface area contributed by atoms with Crippen LogP contribution in [0.5, 0.6) is 5.75 Å². The zero-order chi connectivity index (χ0) is 11.7. The van der Waals surface area contributed by atoms with Gasteiger partial charge >= 0.3 is 0 Å². The number of ether oxygens (including phenoxy) is 1. The van der Waals surface area contributed by atoms with E-state index in [1.807, 2.05) is 0 Å². The fraction of sp³-hybridized carbons (Fsp3) is 0.600. The maximum Gasteiger partial charge on any atom is 0.119 e. The van der Waals surface area contributed by atoms with Crippen molar-refractivity contribution >= 4 is 0 Å². The summed E-state index contributed by atoms with van der Waals surface area (Å²) in [5, 5.41) is 3.50. The number of methoxy groups -OCH3 is 1. The summed E-state index contributed by atoms with van der Waals surface area (Å²) in [7, 11) is 1.75. The molecule has 1 heterocycles. The molecule has 0 radical (unpaired) electrons. The average molecular weight is 231 g/mol. The Balaban J connectivity index is 1.90. The van der Waals surface area contributed by atoms with Crippen molar-refractivity contribution in [3.63, 3.8) is 0 Å². The van der Waals surface area contributed by atoms with E-state index in [1.54, 1.807) is 12.7 Å². The van der Waals surface area contributed by atoms with Crippen LogP contribution in [0.25, 0.3) is 0 Å². The third-order valence-electron chi connectivity index (χ3n) is 4.38. The number of hydrogen-bond donors (Lipinski definition) is 1. The zero-order valence-corrected chi connectivity index (χ0v) is 10.5. The van der Waals surface area contributed by atoms with Gasteiger partial charge < -0.3 is 10.1 Å². The highest BCUT2D eigenvalue weighted by Gasteiger charge is 2.29. The van der Waals surface area contributed by atoms with E-state index in [0.717, 1.165) is 17.6 Å². The fourth-order valence-electron chi connectivity index (χ4n) is 3.47. The molecule has 1 aliphatic carbocycles. The van der Waals surface area contributed by atoms with Gasteiger partial charge in [0.15, 0.2) is 0 Å². The SMILES string of the molecule is COc1ccc2c(c1)CCCC2C1CCNC1. The Morgan fingerprint density at radius 1 is 1.29 bits per heavy atom. The summed E-state index contributed by atoms with van der Waals surface area (Å²) in [6.45, 7) is 2.41. The Kier molecular flexibility index (Phi) is 3.06. The number of benzene rings is 1. The first-order valence-corrected chi connectivity index (χ1v) is 6.76.